The normalized spacial score (nSPS) is 15.0. The van der Waals surface area contributed by atoms with Gasteiger partial charge in [0.2, 0.25) is 5.91 Å². The van der Waals surface area contributed by atoms with Crippen molar-refractivity contribution in [1.82, 2.24) is 9.80 Å². The Hall–Kier alpha value is -3.25. The maximum Gasteiger partial charge on any atom is 0.234 e. The van der Waals surface area contributed by atoms with Gasteiger partial charge in [-0.05, 0) is 67.4 Å². The van der Waals surface area contributed by atoms with Crippen molar-refractivity contribution in [3.63, 3.8) is 0 Å². The van der Waals surface area contributed by atoms with Crippen LogP contribution in [0.2, 0.25) is 0 Å². The topological polar surface area (TPSA) is 43.8 Å². The Morgan fingerprint density at radius 3 is 1.94 bits per heavy atom. The van der Waals surface area contributed by atoms with Crippen LogP contribution in [0.15, 0.2) is 72.8 Å². The van der Waals surface area contributed by atoms with Crippen molar-refractivity contribution in [3.8, 4) is 5.75 Å². The van der Waals surface area contributed by atoms with Gasteiger partial charge in [0.05, 0.1) is 12.0 Å². The second-order valence-corrected chi connectivity index (χ2v) is 8.57. The van der Waals surface area contributed by atoms with E-state index in [1.54, 1.807) is 48.3 Å². The van der Waals surface area contributed by atoms with Crippen LogP contribution in [0.5, 0.6) is 5.75 Å². The van der Waals surface area contributed by atoms with Gasteiger partial charge in [-0.1, -0.05) is 42.5 Å². The number of nitrogens with zero attached hydrogens (tertiary/aromatic N) is 2. The third-order valence-electron chi connectivity index (χ3n) is 6.39. The molecule has 1 atom stereocenters. The number of rotatable bonds is 7. The fraction of sp³-hybridized carbons (Fsp3) is 0.296. The summed E-state index contributed by atoms with van der Waals surface area (Å²) in [6.07, 6.45) is 2.22. The van der Waals surface area contributed by atoms with Gasteiger partial charge in [-0.2, -0.15) is 0 Å². The molecule has 0 radical (unpaired) electrons. The molecule has 172 valence electrons. The van der Waals surface area contributed by atoms with Crippen LogP contribution in [-0.4, -0.2) is 47.5 Å². The highest BCUT2D eigenvalue weighted by molar-refractivity contribution is 5.87. The SMILES string of the molecule is CN(C(=O)C(c1ccc(F)cc1)c1ccc(F)cc1)[C@H](CN1CCCC1)c1ccccc1O. The molecule has 1 fully saturated rings. The molecule has 4 nitrogen and oxygen atoms in total. The first kappa shape index (κ1) is 22.9. The van der Waals surface area contributed by atoms with E-state index in [2.05, 4.69) is 4.90 Å². The maximum absolute atomic E-state index is 14.0. The maximum atomic E-state index is 14.0. The lowest BCUT2D eigenvalue weighted by molar-refractivity contribution is -0.133. The molecule has 1 amide bonds. The predicted molar refractivity (Wildman–Crippen MR) is 124 cm³/mol. The highest BCUT2D eigenvalue weighted by atomic mass is 19.1. The second kappa shape index (κ2) is 10.1. The first-order valence-electron chi connectivity index (χ1n) is 11.2. The number of halogens is 2. The molecule has 6 heteroatoms. The monoisotopic (exact) mass is 450 g/mol. The zero-order valence-corrected chi connectivity index (χ0v) is 18.6. The van der Waals surface area contributed by atoms with E-state index in [1.165, 1.54) is 24.3 Å². The number of carbonyl (C=O) groups excluding carboxylic acids is 1. The van der Waals surface area contributed by atoms with E-state index >= 15 is 0 Å². The molecule has 0 aromatic heterocycles. The number of likely N-dealkylation sites (N-methyl/N-ethyl adjacent to an activating group) is 1. The molecule has 1 N–H and O–H groups in total. The fourth-order valence-electron chi connectivity index (χ4n) is 4.55. The number of carbonyl (C=O) groups is 1. The standard InChI is InChI=1S/C27H28F2N2O2/c1-30(24(18-31-16-4-5-17-31)23-6-2-3-7-25(23)32)27(33)26(19-8-12-21(28)13-9-19)20-10-14-22(29)15-11-20/h2-3,6-15,24,26,32H,4-5,16-18H2,1H3/t24-/m1/s1. The smallest absolute Gasteiger partial charge is 0.234 e. The number of benzene rings is 3. The Morgan fingerprint density at radius 1 is 0.909 bits per heavy atom. The molecule has 4 rings (SSSR count). The van der Waals surface area contributed by atoms with Gasteiger partial charge >= 0.3 is 0 Å². The van der Waals surface area contributed by atoms with Crippen molar-refractivity contribution in [1.29, 1.82) is 0 Å². The van der Waals surface area contributed by atoms with Crippen LogP contribution in [-0.2, 0) is 4.79 Å². The van der Waals surface area contributed by atoms with Gasteiger partial charge < -0.3 is 14.9 Å². The quantitative estimate of drug-likeness (QED) is 0.545. The number of phenolic OH excluding ortho intramolecular Hbond substituents is 1. The van der Waals surface area contributed by atoms with Gasteiger partial charge in [-0.25, -0.2) is 8.78 Å². The summed E-state index contributed by atoms with van der Waals surface area (Å²) in [5.74, 6) is -1.58. The molecule has 3 aromatic carbocycles. The number of amides is 1. The zero-order chi connectivity index (χ0) is 23.4. The molecule has 0 unspecified atom stereocenters. The summed E-state index contributed by atoms with van der Waals surface area (Å²) in [6, 6.07) is 18.3. The Morgan fingerprint density at radius 2 is 1.42 bits per heavy atom. The molecular formula is C27H28F2N2O2. The van der Waals surface area contributed by atoms with Gasteiger partial charge in [-0.15, -0.1) is 0 Å². The largest absolute Gasteiger partial charge is 0.508 e. The van der Waals surface area contributed by atoms with Crippen LogP contribution in [0.25, 0.3) is 0 Å². The molecule has 33 heavy (non-hydrogen) atoms. The van der Waals surface area contributed by atoms with Gasteiger partial charge in [0.25, 0.3) is 0 Å². The Balaban J connectivity index is 1.72. The molecule has 1 aliphatic rings. The number of phenols is 1. The number of para-hydroxylation sites is 1. The molecule has 1 saturated heterocycles. The lowest BCUT2D eigenvalue weighted by Crippen LogP contribution is -2.41. The third-order valence-corrected chi connectivity index (χ3v) is 6.39. The second-order valence-electron chi connectivity index (χ2n) is 8.57. The number of likely N-dealkylation sites (tertiary alicyclic amines) is 1. The summed E-state index contributed by atoms with van der Waals surface area (Å²) >= 11 is 0. The van der Waals surface area contributed by atoms with Crippen molar-refractivity contribution in [2.75, 3.05) is 26.7 Å². The summed E-state index contributed by atoms with van der Waals surface area (Å²) in [5.41, 5.74) is 1.92. The van der Waals surface area contributed by atoms with E-state index in [0.717, 1.165) is 25.9 Å². The van der Waals surface area contributed by atoms with E-state index in [9.17, 15) is 18.7 Å². The minimum Gasteiger partial charge on any atom is -0.508 e. The first-order valence-corrected chi connectivity index (χ1v) is 11.2. The summed E-state index contributed by atoms with van der Waals surface area (Å²) in [4.78, 5) is 17.9. The van der Waals surface area contributed by atoms with Crippen molar-refractivity contribution in [2.45, 2.75) is 24.8 Å². The molecule has 0 aliphatic carbocycles. The van der Waals surface area contributed by atoms with E-state index < -0.39 is 17.6 Å². The molecule has 0 saturated carbocycles. The van der Waals surface area contributed by atoms with Crippen molar-refractivity contribution < 1.29 is 18.7 Å². The van der Waals surface area contributed by atoms with Gasteiger partial charge in [0.15, 0.2) is 0 Å². The lowest BCUT2D eigenvalue weighted by Gasteiger charge is -2.34. The Bertz CT molecular complexity index is 1030. The molecule has 0 bridgehead atoms. The molecule has 0 spiro atoms. The van der Waals surface area contributed by atoms with Crippen LogP contribution in [0.4, 0.5) is 8.78 Å². The first-order chi connectivity index (χ1) is 15.9. The molecule has 3 aromatic rings. The van der Waals surface area contributed by atoms with Crippen molar-refractivity contribution >= 4 is 5.91 Å². The van der Waals surface area contributed by atoms with Crippen LogP contribution >= 0.6 is 0 Å². The Labute approximate surface area is 193 Å². The highest BCUT2D eigenvalue weighted by Crippen LogP contribution is 2.34. The van der Waals surface area contributed by atoms with Crippen LogP contribution in [0, 0.1) is 11.6 Å². The molecule has 1 aliphatic heterocycles. The summed E-state index contributed by atoms with van der Waals surface area (Å²) in [5, 5.41) is 10.6. The van der Waals surface area contributed by atoms with Crippen LogP contribution in [0.3, 0.4) is 0 Å². The number of hydrogen-bond acceptors (Lipinski definition) is 3. The molecule has 1 heterocycles. The summed E-state index contributed by atoms with van der Waals surface area (Å²) in [6.45, 7) is 2.50. The molecular weight excluding hydrogens is 422 g/mol. The van der Waals surface area contributed by atoms with Crippen LogP contribution in [0.1, 0.15) is 41.5 Å². The van der Waals surface area contributed by atoms with E-state index in [-0.39, 0.29) is 17.7 Å². The van der Waals surface area contributed by atoms with E-state index in [1.807, 2.05) is 12.1 Å². The van der Waals surface area contributed by atoms with Gasteiger partial charge in [0.1, 0.15) is 17.4 Å². The Kier molecular flexibility index (Phi) is 7.04. The summed E-state index contributed by atoms with van der Waals surface area (Å²) in [7, 11) is 1.73. The average Bonchev–Trinajstić information content (AvgIpc) is 3.33. The predicted octanol–water partition coefficient (Wildman–Crippen LogP) is 5.10. The average molecular weight is 451 g/mol. The van der Waals surface area contributed by atoms with Crippen LogP contribution < -0.4 is 0 Å². The fourth-order valence-corrected chi connectivity index (χ4v) is 4.55. The minimum atomic E-state index is -0.733. The number of hydrogen-bond donors (Lipinski definition) is 1. The lowest BCUT2D eigenvalue weighted by atomic mass is 9.89. The number of aromatic hydroxyl groups is 1. The highest BCUT2D eigenvalue weighted by Gasteiger charge is 2.33. The van der Waals surface area contributed by atoms with Crippen molar-refractivity contribution in [3.05, 3.63) is 101 Å². The van der Waals surface area contributed by atoms with Gasteiger partial charge in [0, 0.05) is 19.2 Å². The van der Waals surface area contributed by atoms with Crippen molar-refractivity contribution in [2.24, 2.45) is 0 Å². The van der Waals surface area contributed by atoms with Gasteiger partial charge in [-0.3, -0.25) is 4.79 Å². The summed E-state index contributed by atoms with van der Waals surface area (Å²) < 4.78 is 27.2. The zero-order valence-electron chi connectivity index (χ0n) is 18.6. The van der Waals surface area contributed by atoms with E-state index in [0.29, 0.717) is 23.2 Å². The van der Waals surface area contributed by atoms with E-state index in [4.69, 9.17) is 0 Å². The third kappa shape index (κ3) is 5.22. The minimum absolute atomic E-state index is 0.140.